The molecular formula is C12H12F3N3. The topological polar surface area (TPSA) is 40.7 Å². The molecule has 3 nitrogen and oxygen atoms in total. The van der Waals surface area contributed by atoms with Gasteiger partial charge in [0.15, 0.2) is 0 Å². The third-order valence-corrected chi connectivity index (χ3v) is 3.54. The van der Waals surface area contributed by atoms with Gasteiger partial charge in [0, 0.05) is 6.54 Å². The van der Waals surface area contributed by atoms with Crippen LogP contribution in [0.15, 0.2) is 24.3 Å². The Balaban J connectivity index is 2.16. The molecule has 0 bridgehead atoms. The fraction of sp³-hybridized carbons (Fsp3) is 0.417. The van der Waals surface area contributed by atoms with E-state index in [4.69, 9.17) is 0 Å². The molecule has 1 fully saturated rings. The zero-order chi connectivity index (χ0) is 12.8. The SMILES string of the molecule is FC(F)(F)C1(c2nc3ccccc3[nH]2)CCNC1. The van der Waals surface area contributed by atoms with E-state index >= 15 is 0 Å². The highest BCUT2D eigenvalue weighted by atomic mass is 19.4. The number of fused-ring (bicyclic) bond motifs is 1. The van der Waals surface area contributed by atoms with E-state index in [0.29, 0.717) is 17.6 Å². The van der Waals surface area contributed by atoms with E-state index in [1.54, 1.807) is 24.3 Å². The van der Waals surface area contributed by atoms with Gasteiger partial charge in [-0.05, 0) is 25.1 Å². The number of H-pyrrole nitrogens is 1. The van der Waals surface area contributed by atoms with Crippen molar-refractivity contribution in [3.8, 4) is 0 Å². The Bertz CT molecular complexity index is 534. The number of hydrogen-bond donors (Lipinski definition) is 2. The number of rotatable bonds is 1. The van der Waals surface area contributed by atoms with Crippen molar-refractivity contribution in [2.75, 3.05) is 13.1 Å². The van der Waals surface area contributed by atoms with Gasteiger partial charge in [-0.2, -0.15) is 13.2 Å². The Morgan fingerprint density at radius 2 is 2.00 bits per heavy atom. The Labute approximate surface area is 101 Å². The van der Waals surface area contributed by atoms with Crippen molar-refractivity contribution in [3.05, 3.63) is 30.1 Å². The minimum Gasteiger partial charge on any atom is -0.341 e. The van der Waals surface area contributed by atoms with Crippen LogP contribution in [-0.2, 0) is 5.41 Å². The van der Waals surface area contributed by atoms with Crippen molar-refractivity contribution in [2.45, 2.75) is 18.0 Å². The maximum atomic E-state index is 13.3. The summed E-state index contributed by atoms with van der Waals surface area (Å²) in [6, 6.07) is 6.98. The van der Waals surface area contributed by atoms with E-state index in [-0.39, 0.29) is 18.8 Å². The van der Waals surface area contributed by atoms with Crippen LogP contribution in [0.2, 0.25) is 0 Å². The smallest absolute Gasteiger partial charge is 0.341 e. The lowest BCUT2D eigenvalue weighted by atomic mass is 9.85. The molecule has 18 heavy (non-hydrogen) atoms. The van der Waals surface area contributed by atoms with E-state index in [2.05, 4.69) is 15.3 Å². The summed E-state index contributed by atoms with van der Waals surface area (Å²) in [5, 5.41) is 2.78. The molecule has 6 heteroatoms. The first-order valence-corrected chi connectivity index (χ1v) is 5.76. The number of imidazole rings is 1. The number of hydrogen-bond acceptors (Lipinski definition) is 2. The summed E-state index contributed by atoms with van der Waals surface area (Å²) in [5.41, 5.74) is -0.669. The number of alkyl halides is 3. The van der Waals surface area contributed by atoms with E-state index < -0.39 is 11.6 Å². The summed E-state index contributed by atoms with van der Waals surface area (Å²) < 4.78 is 40.0. The highest BCUT2D eigenvalue weighted by Gasteiger charge is 2.59. The summed E-state index contributed by atoms with van der Waals surface area (Å²) in [6.07, 6.45) is -4.28. The Morgan fingerprint density at radius 1 is 1.22 bits per heavy atom. The molecule has 1 atom stereocenters. The molecule has 1 aromatic carbocycles. The third-order valence-electron chi connectivity index (χ3n) is 3.54. The van der Waals surface area contributed by atoms with E-state index in [0.717, 1.165) is 0 Å². The second-order valence-corrected chi connectivity index (χ2v) is 4.61. The molecule has 0 aliphatic carbocycles. The summed E-state index contributed by atoms with van der Waals surface area (Å²) in [4.78, 5) is 6.93. The van der Waals surface area contributed by atoms with Crippen molar-refractivity contribution in [1.29, 1.82) is 0 Å². The van der Waals surface area contributed by atoms with Gasteiger partial charge in [0.1, 0.15) is 11.2 Å². The number of halogens is 3. The molecule has 0 spiro atoms. The number of para-hydroxylation sites is 2. The Morgan fingerprint density at radius 3 is 2.61 bits per heavy atom. The molecule has 2 aromatic rings. The number of nitrogens with zero attached hydrogens (tertiary/aromatic N) is 1. The van der Waals surface area contributed by atoms with Crippen molar-refractivity contribution >= 4 is 11.0 Å². The average Bonchev–Trinajstić information content (AvgIpc) is 2.95. The van der Waals surface area contributed by atoms with Crippen molar-refractivity contribution in [3.63, 3.8) is 0 Å². The highest BCUT2D eigenvalue weighted by molar-refractivity contribution is 5.75. The first-order valence-electron chi connectivity index (χ1n) is 5.76. The molecule has 0 amide bonds. The number of benzene rings is 1. The molecule has 1 unspecified atom stereocenters. The van der Waals surface area contributed by atoms with Gasteiger partial charge in [0.05, 0.1) is 11.0 Å². The molecule has 2 heterocycles. The largest absolute Gasteiger partial charge is 0.402 e. The van der Waals surface area contributed by atoms with E-state index in [9.17, 15) is 13.2 Å². The van der Waals surface area contributed by atoms with Crippen LogP contribution in [0.25, 0.3) is 11.0 Å². The van der Waals surface area contributed by atoms with Crippen LogP contribution in [0.1, 0.15) is 12.2 Å². The van der Waals surface area contributed by atoms with Crippen LogP contribution in [0.3, 0.4) is 0 Å². The molecule has 96 valence electrons. The lowest BCUT2D eigenvalue weighted by Crippen LogP contribution is -2.45. The predicted octanol–water partition coefficient (Wildman–Crippen LogP) is 2.36. The van der Waals surface area contributed by atoms with Crippen molar-refractivity contribution in [2.24, 2.45) is 0 Å². The van der Waals surface area contributed by atoms with Gasteiger partial charge in [0.25, 0.3) is 0 Å². The molecule has 1 aromatic heterocycles. The third kappa shape index (κ3) is 1.52. The molecule has 0 saturated carbocycles. The molecule has 0 radical (unpaired) electrons. The van der Waals surface area contributed by atoms with Crippen LogP contribution in [0.4, 0.5) is 13.2 Å². The zero-order valence-corrected chi connectivity index (χ0v) is 9.51. The summed E-state index contributed by atoms with van der Waals surface area (Å²) in [6.45, 7) is 0.243. The molecule has 1 saturated heterocycles. The van der Waals surface area contributed by atoms with Crippen molar-refractivity contribution in [1.82, 2.24) is 15.3 Å². The minimum absolute atomic E-state index is 0.0150. The van der Waals surface area contributed by atoms with Gasteiger partial charge >= 0.3 is 6.18 Å². The van der Waals surface area contributed by atoms with Crippen LogP contribution in [0, 0.1) is 0 Å². The molecule has 2 N–H and O–H groups in total. The lowest BCUT2D eigenvalue weighted by Gasteiger charge is -2.28. The fourth-order valence-corrected chi connectivity index (χ4v) is 2.45. The van der Waals surface area contributed by atoms with Crippen LogP contribution >= 0.6 is 0 Å². The predicted molar refractivity (Wildman–Crippen MR) is 61.3 cm³/mol. The Kier molecular flexibility index (Phi) is 2.38. The molecule has 3 rings (SSSR count). The first kappa shape index (κ1) is 11.5. The van der Waals surface area contributed by atoms with Gasteiger partial charge < -0.3 is 10.3 Å². The summed E-state index contributed by atoms with van der Waals surface area (Å²) in [5.74, 6) is 0.0150. The molecule has 1 aliphatic rings. The fourth-order valence-electron chi connectivity index (χ4n) is 2.45. The van der Waals surface area contributed by atoms with Crippen LogP contribution in [0.5, 0.6) is 0 Å². The number of aromatic amines is 1. The van der Waals surface area contributed by atoms with E-state index in [1.165, 1.54) is 0 Å². The van der Waals surface area contributed by atoms with E-state index in [1.807, 2.05) is 0 Å². The summed E-state index contributed by atoms with van der Waals surface area (Å²) in [7, 11) is 0. The quantitative estimate of drug-likeness (QED) is 0.821. The maximum Gasteiger partial charge on any atom is 0.402 e. The normalized spacial score (nSPS) is 24.8. The maximum absolute atomic E-state index is 13.3. The van der Waals surface area contributed by atoms with Gasteiger partial charge in [-0.3, -0.25) is 0 Å². The standard InChI is InChI=1S/C12H12F3N3/c13-12(14,15)11(5-6-16-7-11)10-17-8-3-1-2-4-9(8)18-10/h1-4,16H,5-7H2,(H,17,18). The van der Waals surface area contributed by atoms with Crippen LogP contribution < -0.4 is 5.32 Å². The second-order valence-electron chi connectivity index (χ2n) is 4.61. The Hall–Kier alpha value is -1.56. The molecule has 1 aliphatic heterocycles. The average molecular weight is 255 g/mol. The lowest BCUT2D eigenvalue weighted by molar-refractivity contribution is -0.186. The summed E-state index contributed by atoms with van der Waals surface area (Å²) >= 11 is 0. The van der Waals surface area contributed by atoms with Gasteiger partial charge in [-0.15, -0.1) is 0 Å². The minimum atomic E-state index is -4.30. The monoisotopic (exact) mass is 255 g/mol. The van der Waals surface area contributed by atoms with Crippen LogP contribution in [-0.4, -0.2) is 29.2 Å². The first-order chi connectivity index (χ1) is 8.53. The highest BCUT2D eigenvalue weighted by Crippen LogP contribution is 2.44. The number of aromatic nitrogens is 2. The van der Waals surface area contributed by atoms with Gasteiger partial charge in [0.2, 0.25) is 0 Å². The van der Waals surface area contributed by atoms with Gasteiger partial charge in [-0.25, -0.2) is 4.98 Å². The number of nitrogens with one attached hydrogen (secondary N) is 2. The zero-order valence-electron chi connectivity index (χ0n) is 9.51. The molecular weight excluding hydrogens is 243 g/mol. The van der Waals surface area contributed by atoms with Crippen molar-refractivity contribution < 1.29 is 13.2 Å². The van der Waals surface area contributed by atoms with Gasteiger partial charge in [-0.1, -0.05) is 12.1 Å². The second kappa shape index (κ2) is 3.71.